The third-order valence-electron chi connectivity index (χ3n) is 3.42. The van der Waals surface area contributed by atoms with Gasteiger partial charge in [-0.3, -0.25) is 0 Å². The maximum atomic E-state index is 5.89. The zero-order chi connectivity index (χ0) is 16.7. The number of nitrogens with one attached hydrogen (secondary N) is 1. The zero-order valence-electron chi connectivity index (χ0n) is 13.9. The highest BCUT2D eigenvalue weighted by molar-refractivity contribution is 6.30. The van der Waals surface area contributed by atoms with E-state index in [1.165, 1.54) is 5.56 Å². The number of rotatable bonds is 8. The van der Waals surface area contributed by atoms with E-state index >= 15 is 0 Å². The topological polar surface area (TPSA) is 30.5 Å². The van der Waals surface area contributed by atoms with E-state index in [0.717, 1.165) is 35.2 Å². The first-order valence-corrected chi connectivity index (χ1v) is 8.21. The van der Waals surface area contributed by atoms with Crippen molar-refractivity contribution in [3.63, 3.8) is 0 Å². The molecule has 0 aliphatic rings. The highest BCUT2D eigenvalue weighted by Crippen LogP contribution is 2.29. The predicted molar refractivity (Wildman–Crippen MR) is 95.3 cm³/mol. The predicted octanol–water partition coefficient (Wildman–Crippen LogP) is 4.67. The summed E-state index contributed by atoms with van der Waals surface area (Å²) >= 11 is 5.89. The number of halogens is 1. The van der Waals surface area contributed by atoms with E-state index < -0.39 is 0 Å². The Labute approximate surface area is 143 Å². The fourth-order valence-electron chi connectivity index (χ4n) is 2.19. The Kier molecular flexibility index (Phi) is 6.75. The molecule has 2 rings (SSSR count). The molecule has 0 unspecified atom stereocenters. The molecule has 0 atom stereocenters. The van der Waals surface area contributed by atoms with Crippen LogP contribution in [0.15, 0.2) is 42.5 Å². The normalized spacial score (nSPS) is 10.8. The smallest absolute Gasteiger partial charge is 0.161 e. The summed E-state index contributed by atoms with van der Waals surface area (Å²) in [4.78, 5) is 0. The van der Waals surface area contributed by atoms with Gasteiger partial charge in [0.05, 0.1) is 7.11 Å². The Bertz CT molecular complexity index is 611. The maximum Gasteiger partial charge on any atom is 0.161 e. The number of methoxy groups -OCH3 is 1. The van der Waals surface area contributed by atoms with Crippen LogP contribution in [0.5, 0.6) is 11.5 Å². The molecule has 1 N–H and O–H groups in total. The lowest BCUT2D eigenvalue weighted by molar-refractivity contribution is 0.284. The van der Waals surface area contributed by atoms with E-state index in [4.69, 9.17) is 21.1 Å². The molecule has 0 bridgehead atoms. The lowest BCUT2D eigenvalue weighted by Crippen LogP contribution is -2.18. The van der Waals surface area contributed by atoms with Gasteiger partial charge in [0.15, 0.2) is 11.5 Å². The minimum Gasteiger partial charge on any atom is -0.493 e. The molecule has 0 fully saturated rings. The molecule has 124 valence electrons. The summed E-state index contributed by atoms with van der Waals surface area (Å²) < 4.78 is 11.3. The lowest BCUT2D eigenvalue weighted by Gasteiger charge is -2.13. The van der Waals surface area contributed by atoms with Crippen LogP contribution in [0.25, 0.3) is 0 Å². The molecule has 2 aromatic rings. The molecule has 0 spiro atoms. The average molecular weight is 334 g/mol. The minimum atomic E-state index is 0.485. The van der Waals surface area contributed by atoms with E-state index in [-0.39, 0.29) is 0 Å². The molecule has 0 aliphatic heterocycles. The molecule has 0 aliphatic carbocycles. The van der Waals surface area contributed by atoms with Gasteiger partial charge in [0.2, 0.25) is 0 Å². The van der Waals surface area contributed by atoms with E-state index in [2.05, 4.69) is 25.2 Å². The molecule has 2 aromatic carbocycles. The SMILES string of the molecule is COc1cc(CNCC(C)C)ccc1OCc1ccc(Cl)cc1. The van der Waals surface area contributed by atoms with Crippen molar-refractivity contribution in [3.8, 4) is 11.5 Å². The van der Waals surface area contributed by atoms with Crippen molar-refractivity contribution in [2.24, 2.45) is 5.92 Å². The van der Waals surface area contributed by atoms with Crippen molar-refractivity contribution in [1.29, 1.82) is 0 Å². The second kappa shape index (κ2) is 8.80. The van der Waals surface area contributed by atoms with Gasteiger partial charge in [-0.15, -0.1) is 0 Å². The third-order valence-corrected chi connectivity index (χ3v) is 3.67. The first-order chi connectivity index (χ1) is 11.1. The van der Waals surface area contributed by atoms with Crippen LogP contribution < -0.4 is 14.8 Å². The molecule has 23 heavy (non-hydrogen) atoms. The summed E-state index contributed by atoms with van der Waals surface area (Å²) in [6.45, 7) is 6.70. The molecule has 0 saturated carbocycles. The second-order valence-electron chi connectivity index (χ2n) is 5.93. The van der Waals surface area contributed by atoms with Gasteiger partial charge in [-0.2, -0.15) is 0 Å². The van der Waals surface area contributed by atoms with E-state index in [0.29, 0.717) is 12.5 Å². The molecule has 0 saturated heterocycles. The van der Waals surface area contributed by atoms with Gasteiger partial charge in [0, 0.05) is 11.6 Å². The summed E-state index contributed by atoms with van der Waals surface area (Å²) in [5, 5.41) is 4.15. The average Bonchev–Trinajstić information content (AvgIpc) is 2.54. The van der Waals surface area contributed by atoms with E-state index in [1.807, 2.05) is 36.4 Å². The van der Waals surface area contributed by atoms with Crippen LogP contribution in [-0.4, -0.2) is 13.7 Å². The Hall–Kier alpha value is -1.71. The van der Waals surface area contributed by atoms with Crippen molar-refractivity contribution in [2.75, 3.05) is 13.7 Å². The van der Waals surface area contributed by atoms with Crippen LogP contribution in [0.1, 0.15) is 25.0 Å². The van der Waals surface area contributed by atoms with E-state index in [9.17, 15) is 0 Å². The van der Waals surface area contributed by atoms with Crippen LogP contribution in [-0.2, 0) is 13.2 Å². The Morgan fingerprint density at radius 3 is 2.35 bits per heavy atom. The van der Waals surface area contributed by atoms with Gasteiger partial charge in [0.1, 0.15) is 6.61 Å². The van der Waals surface area contributed by atoms with Gasteiger partial charge >= 0.3 is 0 Å². The van der Waals surface area contributed by atoms with Crippen LogP contribution in [0.3, 0.4) is 0 Å². The standard InChI is InChI=1S/C19H24ClNO2/c1-14(2)11-21-12-16-6-9-18(19(10-16)22-3)23-13-15-4-7-17(20)8-5-15/h4-10,14,21H,11-13H2,1-3H3. The van der Waals surface area contributed by atoms with Crippen molar-refractivity contribution >= 4 is 11.6 Å². The number of benzene rings is 2. The Morgan fingerprint density at radius 2 is 1.70 bits per heavy atom. The molecule has 0 radical (unpaired) electrons. The number of hydrogen-bond acceptors (Lipinski definition) is 3. The molecule has 0 amide bonds. The van der Waals surface area contributed by atoms with Crippen molar-refractivity contribution < 1.29 is 9.47 Å². The van der Waals surface area contributed by atoms with Crippen LogP contribution >= 0.6 is 11.6 Å². The second-order valence-corrected chi connectivity index (χ2v) is 6.36. The van der Waals surface area contributed by atoms with Gasteiger partial charge in [-0.05, 0) is 47.9 Å². The summed E-state index contributed by atoms with van der Waals surface area (Å²) in [5.41, 5.74) is 2.25. The number of hydrogen-bond donors (Lipinski definition) is 1. The Balaban J connectivity index is 1.97. The summed E-state index contributed by atoms with van der Waals surface area (Å²) in [6, 6.07) is 13.7. The molecule has 0 aromatic heterocycles. The van der Waals surface area contributed by atoms with Crippen LogP contribution in [0.4, 0.5) is 0 Å². The highest BCUT2D eigenvalue weighted by atomic mass is 35.5. The van der Waals surface area contributed by atoms with Gasteiger partial charge in [-0.25, -0.2) is 0 Å². The lowest BCUT2D eigenvalue weighted by atomic mass is 10.1. The van der Waals surface area contributed by atoms with Gasteiger partial charge in [-0.1, -0.05) is 43.6 Å². The molecular formula is C19H24ClNO2. The largest absolute Gasteiger partial charge is 0.493 e. The number of ether oxygens (including phenoxy) is 2. The molecule has 0 heterocycles. The van der Waals surface area contributed by atoms with Crippen LogP contribution in [0, 0.1) is 5.92 Å². The van der Waals surface area contributed by atoms with E-state index in [1.54, 1.807) is 7.11 Å². The Morgan fingerprint density at radius 1 is 1.00 bits per heavy atom. The quantitative estimate of drug-likeness (QED) is 0.761. The maximum absolute atomic E-state index is 5.89. The van der Waals surface area contributed by atoms with Crippen molar-refractivity contribution in [1.82, 2.24) is 5.32 Å². The fourth-order valence-corrected chi connectivity index (χ4v) is 2.31. The van der Waals surface area contributed by atoms with Crippen molar-refractivity contribution in [3.05, 3.63) is 58.6 Å². The fraction of sp³-hybridized carbons (Fsp3) is 0.368. The van der Waals surface area contributed by atoms with Gasteiger partial charge in [0.25, 0.3) is 0 Å². The van der Waals surface area contributed by atoms with Crippen LogP contribution in [0.2, 0.25) is 5.02 Å². The molecule has 4 heteroatoms. The first kappa shape index (κ1) is 17.6. The minimum absolute atomic E-state index is 0.485. The summed E-state index contributed by atoms with van der Waals surface area (Å²) in [6.07, 6.45) is 0. The molecular weight excluding hydrogens is 310 g/mol. The summed E-state index contributed by atoms with van der Waals surface area (Å²) in [5.74, 6) is 2.14. The summed E-state index contributed by atoms with van der Waals surface area (Å²) in [7, 11) is 1.66. The third kappa shape index (κ3) is 5.77. The van der Waals surface area contributed by atoms with Gasteiger partial charge < -0.3 is 14.8 Å². The van der Waals surface area contributed by atoms with Crippen molar-refractivity contribution in [2.45, 2.75) is 27.0 Å². The highest BCUT2D eigenvalue weighted by Gasteiger charge is 2.06. The monoisotopic (exact) mass is 333 g/mol. The first-order valence-electron chi connectivity index (χ1n) is 7.83. The zero-order valence-corrected chi connectivity index (χ0v) is 14.7. The molecule has 3 nitrogen and oxygen atoms in total.